The third kappa shape index (κ3) is 4.71. The number of ether oxygens (including phenoxy) is 1. The summed E-state index contributed by atoms with van der Waals surface area (Å²) in [6.45, 7) is 0.954. The molecule has 18 heavy (non-hydrogen) atoms. The van der Waals surface area contributed by atoms with Gasteiger partial charge in [-0.25, -0.2) is 0 Å². The van der Waals surface area contributed by atoms with Crippen molar-refractivity contribution in [2.75, 3.05) is 6.61 Å². The first-order chi connectivity index (χ1) is 8.74. The second-order valence-electron chi connectivity index (χ2n) is 5.16. The summed E-state index contributed by atoms with van der Waals surface area (Å²) in [5, 5.41) is 0. The Kier molecular flexibility index (Phi) is 5.67. The minimum absolute atomic E-state index is 0.271. The fourth-order valence-electron chi connectivity index (χ4n) is 2.51. The molecule has 1 aromatic carbocycles. The average molecular weight is 312 g/mol. The molecule has 1 aliphatic rings. The normalized spacial score (nSPS) is 21.1. The van der Waals surface area contributed by atoms with Crippen molar-refractivity contribution in [1.29, 1.82) is 0 Å². The van der Waals surface area contributed by atoms with E-state index in [0.29, 0.717) is 6.10 Å². The summed E-state index contributed by atoms with van der Waals surface area (Å²) in [7, 11) is 0. The topological polar surface area (TPSA) is 35.2 Å². The molecular formula is C15H22BrNO. The van der Waals surface area contributed by atoms with Crippen molar-refractivity contribution >= 4 is 15.9 Å². The molecule has 0 spiro atoms. The van der Waals surface area contributed by atoms with Gasteiger partial charge in [0, 0.05) is 17.1 Å². The number of hydrogen-bond donors (Lipinski definition) is 1. The van der Waals surface area contributed by atoms with Gasteiger partial charge < -0.3 is 10.5 Å². The molecule has 0 saturated carbocycles. The number of halogens is 1. The number of rotatable bonds is 6. The fourth-order valence-corrected chi connectivity index (χ4v) is 2.77. The van der Waals surface area contributed by atoms with Crippen LogP contribution in [0, 0.1) is 0 Å². The molecule has 1 aromatic rings. The van der Waals surface area contributed by atoms with Gasteiger partial charge in [-0.15, -0.1) is 0 Å². The molecule has 1 fully saturated rings. The van der Waals surface area contributed by atoms with Gasteiger partial charge in [0.15, 0.2) is 0 Å². The smallest absolute Gasteiger partial charge is 0.0576 e. The quantitative estimate of drug-likeness (QED) is 0.870. The Hall–Kier alpha value is -0.380. The highest BCUT2D eigenvalue weighted by molar-refractivity contribution is 9.10. The molecule has 1 aliphatic heterocycles. The molecule has 0 radical (unpaired) electrons. The molecular weight excluding hydrogens is 290 g/mol. The minimum atomic E-state index is 0.271. The van der Waals surface area contributed by atoms with Crippen molar-refractivity contribution in [2.24, 2.45) is 5.73 Å². The monoisotopic (exact) mass is 311 g/mol. The van der Waals surface area contributed by atoms with E-state index in [1.807, 2.05) is 0 Å². The standard InChI is InChI=1S/C15H22BrNO/c16-13-8-6-12(7-9-13)11-14(17)3-1-4-15-5-2-10-18-15/h6-9,14-15H,1-5,10-11,17H2. The van der Waals surface area contributed by atoms with Gasteiger partial charge in [0.05, 0.1) is 6.10 Å². The third-order valence-electron chi connectivity index (χ3n) is 3.54. The van der Waals surface area contributed by atoms with E-state index in [-0.39, 0.29) is 6.04 Å². The molecule has 2 atom stereocenters. The SMILES string of the molecule is NC(CCCC1CCCO1)Cc1ccc(Br)cc1. The van der Waals surface area contributed by atoms with Gasteiger partial charge in [-0.3, -0.25) is 0 Å². The molecule has 2 unspecified atom stereocenters. The van der Waals surface area contributed by atoms with Crippen molar-refractivity contribution in [1.82, 2.24) is 0 Å². The fraction of sp³-hybridized carbons (Fsp3) is 0.600. The zero-order valence-corrected chi connectivity index (χ0v) is 12.4. The van der Waals surface area contributed by atoms with Gasteiger partial charge in [-0.2, -0.15) is 0 Å². The lowest BCUT2D eigenvalue weighted by atomic mass is 10.00. The van der Waals surface area contributed by atoms with E-state index in [1.54, 1.807) is 0 Å². The maximum Gasteiger partial charge on any atom is 0.0576 e. The molecule has 1 heterocycles. The van der Waals surface area contributed by atoms with Crippen molar-refractivity contribution in [3.05, 3.63) is 34.3 Å². The van der Waals surface area contributed by atoms with Crippen LogP contribution < -0.4 is 5.73 Å². The lowest BCUT2D eigenvalue weighted by Gasteiger charge is -2.13. The molecule has 100 valence electrons. The maximum atomic E-state index is 6.18. The van der Waals surface area contributed by atoms with Crippen LogP contribution >= 0.6 is 15.9 Å². The molecule has 0 aromatic heterocycles. The molecule has 2 nitrogen and oxygen atoms in total. The van der Waals surface area contributed by atoms with Crippen LogP contribution in [-0.4, -0.2) is 18.8 Å². The van der Waals surface area contributed by atoms with E-state index < -0.39 is 0 Å². The average Bonchev–Trinajstić information content (AvgIpc) is 2.85. The van der Waals surface area contributed by atoms with Crippen LogP contribution in [0.2, 0.25) is 0 Å². The Morgan fingerprint density at radius 1 is 1.33 bits per heavy atom. The Morgan fingerprint density at radius 3 is 2.78 bits per heavy atom. The van der Waals surface area contributed by atoms with Crippen LogP contribution in [-0.2, 0) is 11.2 Å². The van der Waals surface area contributed by atoms with E-state index in [0.717, 1.165) is 23.9 Å². The van der Waals surface area contributed by atoms with Crippen LogP contribution in [0.15, 0.2) is 28.7 Å². The summed E-state index contributed by atoms with van der Waals surface area (Å²) in [6, 6.07) is 8.71. The van der Waals surface area contributed by atoms with E-state index in [4.69, 9.17) is 10.5 Å². The summed E-state index contributed by atoms with van der Waals surface area (Å²) in [5.41, 5.74) is 7.50. The van der Waals surface area contributed by atoms with Gasteiger partial charge in [0.1, 0.15) is 0 Å². The maximum absolute atomic E-state index is 6.18. The Balaban J connectivity index is 1.65. The Bertz CT molecular complexity index is 346. The zero-order chi connectivity index (χ0) is 12.8. The van der Waals surface area contributed by atoms with Gasteiger partial charge >= 0.3 is 0 Å². The number of benzene rings is 1. The number of hydrogen-bond acceptors (Lipinski definition) is 2. The van der Waals surface area contributed by atoms with Crippen LogP contribution in [0.3, 0.4) is 0 Å². The summed E-state index contributed by atoms with van der Waals surface area (Å²) in [4.78, 5) is 0. The molecule has 0 bridgehead atoms. The number of nitrogens with two attached hydrogens (primary N) is 1. The zero-order valence-electron chi connectivity index (χ0n) is 10.8. The predicted octanol–water partition coefficient (Wildman–Crippen LogP) is 3.67. The Labute approximate surface area is 118 Å². The highest BCUT2D eigenvalue weighted by Crippen LogP contribution is 2.19. The molecule has 2 rings (SSSR count). The molecule has 0 amide bonds. The van der Waals surface area contributed by atoms with Crippen molar-refractivity contribution in [3.63, 3.8) is 0 Å². The first kappa shape index (κ1) is 14.0. The predicted molar refractivity (Wildman–Crippen MR) is 78.6 cm³/mol. The van der Waals surface area contributed by atoms with Gasteiger partial charge in [-0.05, 0) is 56.2 Å². The van der Waals surface area contributed by atoms with E-state index in [1.165, 1.54) is 31.2 Å². The van der Waals surface area contributed by atoms with Crippen LogP contribution in [0.5, 0.6) is 0 Å². The van der Waals surface area contributed by atoms with Gasteiger partial charge in [0.2, 0.25) is 0 Å². The van der Waals surface area contributed by atoms with Gasteiger partial charge in [-0.1, -0.05) is 28.1 Å². The van der Waals surface area contributed by atoms with Crippen LogP contribution in [0.25, 0.3) is 0 Å². The summed E-state index contributed by atoms with van der Waals surface area (Å²) < 4.78 is 6.74. The van der Waals surface area contributed by atoms with Gasteiger partial charge in [0.25, 0.3) is 0 Å². The van der Waals surface area contributed by atoms with Crippen molar-refractivity contribution in [3.8, 4) is 0 Å². The lowest BCUT2D eigenvalue weighted by molar-refractivity contribution is 0.101. The summed E-state index contributed by atoms with van der Waals surface area (Å²) >= 11 is 3.45. The van der Waals surface area contributed by atoms with E-state index in [2.05, 4.69) is 40.2 Å². The van der Waals surface area contributed by atoms with E-state index >= 15 is 0 Å². The van der Waals surface area contributed by atoms with Crippen LogP contribution in [0.1, 0.15) is 37.7 Å². The third-order valence-corrected chi connectivity index (χ3v) is 4.06. The largest absolute Gasteiger partial charge is 0.378 e. The highest BCUT2D eigenvalue weighted by Gasteiger charge is 2.15. The van der Waals surface area contributed by atoms with Crippen LogP contribution in [0.4, 0.5) is 0 Å². The molecule has 1 saturated heterocycles. The first-order valence-corrected chi connectivity index (χ1v) is 7.65. The second kappa shape index (κ2) is 7.27. The molecule has 3 heteroatoms. The molecule has 2 N–H and O–H groups in total. The van der Waals surface area contributed by atoms with Crippen molar-refractivity contribution in [2.45, 2.75) is 50.7 Å². The minimum Gasteiger partial charge on any atom is -0.378 e. The highest BCUT2D eigenvalue weighted by atomic mass is 79.9. The second-order valence-corrected chi connectivity index (χ2v) is 6.07. The van der Waals surface area contributed by atoms with E-state index in [9.17, 15) is 0 Å². The molecule has 0 aliphatic carbocycles. The summed E-state index contributed by atoms with van der Waals surface area (Å²) in [6.07, 6.45) is 7.40. The lowest BCUT2D eigenvalue weighted by Crippen LogP contribution is -2.23. The summed E-state index contributed by atoms with van der Waals surface area (Å²) in [5.74, 6) is 0. The first-order valence-electron chi connectivity index (χ1n) is 6.85. The Morgan fingerprint density at radius 2 is 2.11 bits per heavy atom. The van der Waals surface area contributed by atoms with Crippen molar-refractivity contribution < 1.29 is 4.74 Å².